The number of allylic oxidation sites excluding steroid dienone is 1. The maximum Gasteiger partial charge on any atom is 0.338 e. The maximum absolute atomic E-state index is 13.4. The predicted molar refractivity (Wildman–Crippen MR) is 149 cm³/mol. The van der Waals surface area contributed by atoms with Crippen molar-refractivity contribution in [3.63, 3.8) is 0 Å². The van der Waals surface area contributed by atoms with Crippen LogP contribution in [0.3, 0.4) is 0 Å². The van der Waals surface area contributed by atoms with Gasteiger partial charge in [0.25, 0.3) is 5.69 Å². The van der Waals surface area contributed by atoms with E-state index in [0.29, 0.717) is 13.0 Å². The molecule has 0 bridgehead atoms. The van der Waals surface area contributed by atoms with Crippen LogP contribution in [0.5, 0.6) is 0 Å². The highest BCUT2D eigenvalue weighted by molar-refractivity contribution is 14.1. The lowest BCUT2D eigenvalue weighted by atomic mass is 10.1. The fourth-order valence-corrected chi connectivity index (χ4v) is 5.52. The van der Waals surface area contributed by atoms with Crippen molar-refractivity contribution >= 4 is 52.2 Å². The number of likely N-dealkylation sites (tertiary alicyclic amines) is 1. The summed E-state index contributed by atoms with van der Waals surface area (Å²) in [5.41, 5.74) is -1.22. The normalized spacial score (nSPS) is 23.5. The number of esters is 2. The molecule has 2 aliphatic rings. The molecule has 1 saturated carbocycles. The second kappa shape index (κ2) is 13.2. The van der Waals surface area contributed by atoms with E-state index in [4.69, 9.17) is 9.47 Å². The van der Waals surface area contributed by atoms with Gasteiger partial charge in [-0.15, -0.1) is 6.58 Å². The van der Waals surface area contributed by atoms with E-state index in [1.165, 1.54) is 29.2 Å². The number of hydrogen-bond donors (Lipinski definition) is 1. The maximum atomic E-state index is 13.4. The lowest BCUT2D eigenvalue weighted by Gasteiger charge is -2.29. The summed E-state index contributed by atoms with van der Waals surface area (Å²) in [6.07, 6.45) is 3.95. The zero-order chi connectivity index (χ0) is 28.7. The summed E-state index contributed by atoms with van der Waals surface area (Å²) >= 11 is 2.08. The molecule has 212 valence electrons. The number of nitrogens with zero attached hydrogens (tertiary/aromatic N) is 3. The number of rotatable bonds is 12. The Morgan fingerprint density at radius 3 is 2.51 bits per heavy atom. The van der Waals surface area contributed by atoms with Crippen LogP contribution in [0.15, 0.2) is 36.9 Å². The molecule has 4 atom stereocenters. The van der Waals surface area contributed by atoms with Gasteiger partial charge in [0.05, 0.1) is 23.6 Å². The van der Waals surface area contributed by atoms with Gasteiger partial charge in [-0.05, 0) is 44.7 Å². The average molecular weight is 656 g/mol. The third kappa shape index (κ3) is 7.25. The zero-order valence-electron chi connectivity index (χ0n) is 22.0. The van der Waals surface area contributed by atoms with E-state index in [1.807, 2.05) is 6.08 Å². The van der Waals surface area contributed by atoms with Crippen molar-refractivity contribution in [3.05, 3.63) is 52.6 Å². The first-order valence-corrected chi connectivity index (χ1v) is 14.0. The first-order chi connectivity index (χ1) is 18.5. The number of non-ortho nitro benzene ring substituents is 1. The number of nitrogens with one attached hydrogen (secondary N) is 1. The Bertz CT molecular complexity index is 1110. The van der Waals surface area contributed by atoms with Gasteiger partial charge in [-0.2, -0.15) is 0 Å². The van der Waals surface area contributed by atoms with E-state index in [1.54, 1.807) is 18.9 Å². The number of carbonyl (C=O) groups excluding carboxylic acids is 4. The van der Waals surface area contributed by atoms with E-state index in [9.17, 15) is 29.3 Å². The molecule has 1 heterocycles. The summed E-state index contributed by atoms with van der Waals surface area (Å²) in [5.74, 6) is -1.55. The first kappa shape index (κ1) is 30.3. The van der Waals surface area contributed by atoms with Gasteiger partial charge in [0.1, 0.15) is 12.1 Å². The highest BCUT2D eigenvalue weighted by Crippen LogP contribution is 2.44. The predicted octanol–water partition coefficient (Wildman–Crippen LogP) is 3.23. The Labute approximate surface area is 240 Å². The third-order valence-electron chi connectivity index (χ3n) is 6.77. The lowest BCUT2D eigenvalue weighted by molar-refractivity contribution is -0.384. The number of ether oxygens (including phenoxy) is 2. The standard InChI is InChI=1S/C26H33IN4O8/c1-4-6-7-8-13-29(3)22(32)20-14-19(39-23(33)17-9-11-18(12-10-17)31(36)37)16-30(20)25(35)28-26(15-21(26)27)24(34)38-5-2/h4,9-12,19-21H,1,5-8,13-16H2,2-3H3,(H,28,35)/t19-,20+,21?,26-/m1/s1. The molecule has 1 aromatic carbocycles. The van der Waals surface area contributed by atoms with Crippen molar-refractivity contribution in [1.29, 1.82) is 0 Å². The summed E-state index contributed by atoms with van der Waals surface area (Å²) < 4.78 is 10.6. The number of unbranched alkanes of at least 4 members (excludes halogenated alkanes) is 2. The van der Waals surface area contributed by atoms with Gasteiger partial charge < -0.3 is 24.6 Å². The molecule has 12 nitrogen and oxygen atoms in total. The number of amides is 3. The molecule has 1 unspecified atom stereocenters. The van der Waals surface area contributed by atoms with Crippen LogP contribution in [0.25, 0.3) is 0 Å². The minimum absolute atomic E-state index is 0.0594. The molecule has 3 amide bonds. The molecule has 1 saturated heterocycles. The molecule has 0 radical (unpaired) electrons. The first-order valence-electron chi connectivity index (χ1n) is 12.8. The number of hydrogen-bond acceptors (Lipinski definition) is 8. The number of nitro benzene ring substituents is 1. The number of likely N-dealkylation sites (N-methyl/N-ethyl adjacent to an activating group) is 1. The summed E-state index contributed by atoms with van der Waals surface area (Å²) in [6, 6.07) is 3.45. The molecule has 1 N–H and O–H groups in total. The van der Waals surface area contributed by atoms with Crippen molar-refractivity contribution in [2.75, 3.05) is 26.7 Å². The molecular formula is C26H33IN4O8. The van der Waals surface area contributed by atoms with Crippen LogP contribution in [-0.4, -0.2) is 87.0 Å². The Kier molecular flexibility index (Phi) is 10.3. The molecule has 0 aromatic heterocycles. The highest BCUT2D eigenvalue weighted by atomic mass is 127. The molecule has 1 aliphatic carbocycles. The summed E-state index contributed by atoms with van der Waals surface area (Å²) in [7, 11) is 1.66. The quantitative estimate of drug-likeness (QED) is 0.0686. The van der Waals surface area contributed by atoms with Crippen molar-refractivity contribution in [1.82, 2.24) is 15.1 Å². The molecule has 3 rings (SSSR count). The van der Waals surface area contributed by atoms with Crippen LogP contribution in [-0.2, 0) is 19.1 Å². The van der Waals surface area contributed by atoms with Crippen LogP contribution in [0.1, 0.15) is 49.4 Å². The third-order valence-corrected chi connectivity index (χ3v) is 8.27. The van der Waals surface area contributed by atoms with Gasteiger partial charge in [-0.25, -0.2) is 14.4 Å². The largest absolute Gasteiger partial charge is 0.464 e. The van der Waals surface area contributed by atoms with Crippen molar-refractivity contribution in [2.24, 2.45) is 0 Å². The molecule has 39 heavy (non-hydrogen) atoms. The highest BCUT2D eigenvalue weighted by Gasteiger charge is 2.62. The number of benzene rings is 1. The Balaban J connectivity index is 1.74. The molecule has 1 aliphatic heterocycles. The van der Waals surface area contributed by atoms with E-state index < -0.39 is 40.6 Å². The van der Waals surface area contributed by atoms with E-state index in [0.717, 1.165) is 19.3 Å². The van der Waals surface area contributed by atoms with Crippen molar-refractivity contribution in [3.8, 4) is 0 Å². The summed E-state index contributed by atoms with van der Waals surface area (Å²) in [5, 5.41) is 13.7. The SMILES string of the molecule is C=CCCCCN(C)C(=O)[C@@H]1C[C@@H](OC(=O)c2ccc([N+](=O)[O-])cc2)CN1C(=O)N[C@]1(C(=O)OCC)CC1I. The molecular weight excluding hydrogens is 623 g/mol. The monoisotopic (exact) mass is 656 g/mol. The van der Waals surface area contributed by atoms with Crippen LogP contribution in [0.4, 0.5) is 10.5 Å². The van der Waals surface area contributed by atoms with Gasteiger partial charge in [0.2, 0.25) is 5.91 Å². The van der Waals surface area contributed by atoms with Crippen molar-refractivity contribution < 1.29 is 33.6 Å². The van der Waals surface area contributed by atoms with Gasteiger partial charge in [0.15, 0.2) is 5.54 Å². The molecule has 1 aromatic rings. The Morgan fingerprint density at radius 2 is 1.95 bits per heavy atom. The van der Waals surface area contributed by atoms with Crippen LogP contribution < -0.4 is 5.32 Å². The number of halogens is 1. The Morgan fingerprint density at radius 1 is 1.28 bits per heavy atom. The van der Waals surface area contributed by atoms with E-state index in [-0.39, 0.29) is 40.7 Å². The summed E-state index contributed by atoms with van der Waals surface area (Å²) in [4.78, 5) is 65.3. The van der Waals surface area contributed by atoms with Gasteiger partial charge in [-0.1, -0.05) is 28.7 Å². The minimum atomic E-state index is -1.16. The number of urea groups is 1. The second-order valence-electron chi connectivity index (χ2n) is 9.57. The van der Waals surface area contributed by atoms with E-state index in [2.05, 4.69) is 34.5 Å². The van der Waals surface area contributed by atoms with Crippen LogP contribution >= 0.6 is 22.6 Å². The van der Waals surface area contributed by atoms with Crippen LogP contribution in [0, 0.1) is 10.1 Å². The van der Waals surface area contributed by atoms with E-state index >= 15 is 0 Å². The minimum Gasteiger partial charge on any atom is -0.464 e. The van der Waals surface area contributed by atoms with Crippen molar-refractivity contribution in [2.45, 2.75) is 60.6 Å². The molecule has 0 spiro atoms. The van der Waals surface area contributed by atoms with Crippen LogP contribution in [0.2, 0.25) is 0 Å². The van der Waals surface area contributed by atoms with Gasteiger partial charge in [-0.3, -0.25) is 14.9 Å². The molecule has 2 fully saturated rings. The number of alkyl halides is 1. The number of nitro groups is 1. The fourth-order valence-electron chi connectivity index (χ4n) is 4.42. The topological polar surface area (TPSA) is 148 Å². The van der Waals surface area contributed by atoms with Gasteiger partial charge in [0, 0.05) is 36.1 Å². The second-order valence-corrected chi connectivity index (χ2v) is 11.1. The average Bonchev–Trinajstić information content (AvgIpc) is 3.37. The fraction of sp³-hybridized carbons (Fsp3) is 0.538. The lowest BCUT2D eigenvalue weighted by Crippen LogP contribution is -2.55. The van der Waals surface area contributed by atoms with Gasteiger partial charge >= 0.3 is 18.0 Å². The zero-order valence-corrected chi connectivity index (χ0v) is 24.1. The number of carbonyl (C=O) groups is 4. The Hall–Kier alpha value is -3.23. The summed E-state index contributed by atoms with van der Waals surface area (Å²) in [6.45, 7) is 5.97. The smallest absolute Gasteiger partial charge is 0.338 e. The molecule has 13 heteroatoms.